The number of benzene rings is 1. The van der Waals surface area contributed by atoms with E-state index in [4.69, 9.17) is 16.3 Å². The van der Waals surface area contributed by atoms with Crippen molar-refractivity contribution in [3.8, 4) is 5.75 Å². The fraction of sp³-hybridized carbons (Fsp3) is 0.231. The SMILES string of the molecule is CNC(c1cc(OC)cs1)c1cc(F)c(F)cc1Cl. The molecule has 0 spiro atoms. The zero-order valence-corrected chi connectivity index (χ0v) is 11.9. The Bertz CT molecular complexity index is 588. The van der Waals surface area contributed by atoms with E-state index in [9.17, 15) is 8.78 Å². The Morgan fingerprint density at radius 3 is 2.53 bits per heavy atom. The minimum absolute atomic E-state index is 0.186. The van der Waals surface area contributed by atoms with Gasteiger partial charge in [0.15, 0.2) is 11.6 Å². The molecule has 6 heteroatoms. The van der Waals surface area contributed by atoms with Crippen LogP contribution in [-0.2, 0) is 0 Å². The van der Waals surface area contributed by atoms with E-state index in [1.807, 2.05) is 11.4 Å². The Balaban J connectivity index is 2.44. The van der Waals surface area contributed by atoms with Crippen molar-refractivity contribution < 1.29 is 13.5 Å². The van der Waals surface area contributed by atoms with Gasteiger partial charge in [0.05, 0.1) is 13.2 Å². The Kier molecular flexibility index (Phi) is 4.39. The van der Waals surface area contributed by atoms with E-state index in [1.165, 1.54) is 11.3 Å². The van der Waals surface area contributed by atoms with E-state index in [1.54, 1.807) is 14.2 Å². The molecule has 1 aromatic heterocycles. The zero-order chi connectivity index (χ0) is 14.0. The van der Waals surface area contributed by atoms with Gasteiger partial charge in [-0.3, -0.25) is 0 Å². The highest BCUT2D eigenvalue weighted by Crippen LogP contribution is 2.34. The summed E-state index contributed by atoms with van der Waals surface area (Å²) in [4.78, 5) is 0.909. The Labute approximate surface area is 119 Å². The number of thiophene rings is 1. The summed E-state index contributed by atoms with van der Waals surface area (Å²) in [6, 6.07) is 3.63. The highest BCUT2D eigenvalue weighted by molar-refractivity contribution is 7.10. The summed E-state index contributed by atoms with van der Waals surface area (Å²) in [6.07, 6.45) is 0. The quantitative estimate of drug-likeness (QED) is 0.862. The van der Waals surface area contributed by atoms with Gasteiger partial charge in [0.2, 0.25) is 0 Å². The molecule has 0 bridgehead atoms. The lowest BCUT2D eigenvalue weighted by Gasteiger charge is -2.16. The van der Waals surface area contributed by atoms with Gasteiger partial charge in [-0.05, 0) is 30.8 Å². The molecule has 0 aliphatic carbocycles. The van der Waals surface area contributed by atoms with Gasteiger partial charge < -0.3 is 10.1 Å². The molecule has 2 aromatic rings. The smallest absolute Gasteiger partial charge is 0.160 e. The maximum absolute atomic E-state index is 13.4. The van der Waals surface area contributed by atoms with Crippen LogP contribution in [0.5, 0.6) is 5.75 Å². The maximum Gasteiger partial charge on any atom is 0.160 e. The molecule has 1 N–H and O–H groups in total. The maximum atomic E-state index is 13.4. The first-order valence-corrected chi connectivity index (χ1v) is 6.76. The molecular weight excluding hydrogens is 292 g/mol. The number of halogens is 3. The van der Waals surface area contributed by atoms with Crippen LogP contribution < -0.4 is 10.1 Å². The van der Waals surface area contributed by atoms with Gasteiger partial charge in [0.1, 0.15) is 5.75 Å². The molecule has 1 heterocycles. The highest BCUT2D eigenvalue weighted by Gasteiger charge is 2.20. The van der Waals surface area contributed by atoms with Crippen LogP contribution in [0.1, 0.15) is 16.5 Å². The van der Waals surface area contributed by atoms with Crippen LogP contribution in [0.25, 0.3) is 0 Å². The van der Waals surface area contributed by atoms with Crippen LogP contribution in [0.3, 0.4) is 0 Å². The molecule has 19 heavy (non-hydrogen) atoms. The Hall–Kier alpha value is -1.17. The van der Waals surface area contributed by atoms with Crippen LogP contribution >= 0.6 is 22.9 Å². The normalized spacial score (nSPS) is 12.5. The van der Waals surface area contributed by atoms with Crippen molar-refractivity contribution in [1.29, 1.82) is 0 Å². The Morgan fingerprint density at radius 2 is 1.95 bits per heavy atom. The van der Waals surface area contributed by atoms with Crippen LogP contribution in [0.4, 0.5) is 8.78 Å². The van der Waals surface area contributed by atoms with Gasteiger partial charge in [-0.1, -0.05) is 11.6 Å². The third-order valence-electron chi connectivity index (χ3n) is 2.76. The summed E-state index contributed by atoms with van der Waals surface area (Å²) < 4.78 is 31.6. The number of hydrogen-bond acceptors (Lipinski definition) is 3. The molecule has 0 aliphatic rings. The van der Waals surface area contributed by atoms with Gasteiger partial charge >= 0.3 is 0 Å². The van der Waals surface area contributed by atoms with E-state index in [0.717, 1.165) is 22.8 Å². The van der Waals surface area contributed by atoms with Gasteiger partial charge in [-0.2, -0.15) is 0 Å². The lowest BCUT2D eigenvalue weighted by molar-refractivity contribution is 0.416. The van der Waals surface area contributed by atoms with Crippen molar-refractivity contribution >= 4 is 22.9 Å². The summed E-state index contributed by atoms with van der Waals surface area (Å²) in [5.41, 5.74) is 0.493. The predicted octanol–water partition coefficient (Wildman–Crippen LogP) is 4.00. The molecular formula is C13H12ClF2NOS. The second kappa shape index (κ2) is 5.86. The molecule has 0 saturated carbocycles. The van der Waals surface area contributed by atoms with E-state index >= 15 is 0 Å². The topological polar surface area (TPSA) is 21.3 Å². The van der Waals surface area contributed by atoms with E-state index < -0.39 is 11.6 Å². The van der Waals surface area contributed by atoms with Crippen molar-refractivity contribution in [2.24, 2.45) is 0 Å². The van der Waals surface area contributed by atoms with Crippen LogP contribution in [0.15, 0.2) is 23.6 Å². The summed E-state index contributed by atoms with van der Waals surface area (Å²) in [6.45, 7) is 0. The van der Waals surface area contributed by atoms with Crippen LogP contribution in [-0.4, -0.2) is 14.2 Å². The number of ether oxygens (including phenoxy) is 1. The lowest BCUT2D eigenvalue weighted by Crippen LogP contribution is -2.17. The van der Waals surface area contributed by atoms with Crippen LogP contribution in [0.2, 0.25) is 5.02 Å². The van der Waals surface area contributed by atoms with Gasteiger partial charge in [0.25, 0.3) is 0 Å². The number of rotatable bonds is 4. The summed E-state index contributed by atoms with van der Waals surface area (Å²) in [7, 11) is 3.30. The van der Waals surface area contributed by atoms with Gasteiger partial charge in [-0.25, -0.2) is 8.78 Å². The third-order valence-corrected chi connectivity index (χ3v) is 4.06. The van der Waals surface area contributed by atoms with Crippen molar-refractivity contribution in [3.05, 3.63) is 50.7 Å². The lowest BCUT2D eigenvalue weighted by atomic mass is 10.0. The first-order chi connectivity index (χ1) is 9.06. The average Bonchev–Trinajstić information content (AvgIpc) is 2.85. The highest BCUT2D eigenvalue weighted by atomic mass is 35.5. The molecule has 2 nitrogen and oxygen atoms in total. The number of methoxy groups -OCH3 is 1. The molecule has 2 rings (SSSR count). The molecule has 1 unspecified atom stereocenters. The van der Waals surface area contributed by atoms with E-state index in [0.29, 0.717) is 5.56 Å². The van der Waals surface area contributed by atoms with Crippen molar-refractivity contribution in [2.75, 3.05) is 14.2 Å². The fourth-order valence-corrected chi connectivity index (χ4v) is 3.04. The van der Waals surface area contributed by atoms with Crippen LogP contribution in [0, 0.1) is 11.6 Å². The molecule has 0 fully saturated rings. The van der Waals surface area contributed by atoms with Crippen molar-refractivity contribution in [1.82, 2.24) is 5.32 Å². The minimum atomic E-state index is -0.952. The van der Waals surface area contributed by atoms with E-state index in [-0.39, 0.29) is 11.1 Å². The summed E-state index contributed by atoms with van der Waals surface area (Å²) in [5, 5.41) is 5.07. The first kappa shape index (κ1) is 14.2. The summed E-state index contributed by atoms with van der Waals surface area (Å²) in [5.74, 6) is -1.14. The fourth-order valence-electron chi connectivity index (χ4n) is 1.80. The molecule has 0 aliphatic heterocycles. The minimum Gasteiger partial charge on any atom is -0.496 e. The third kappa shape index (κ3) is 2.88. The average molecular weight is 304 g/mol. The second-order valence-electron chi connectivity index (χ2n) is 3.90. The molecule has 1 atom stereocenters. The monoisotopic (exact) mass is 303 g/mol. The number of nitrogens with one attached hydrogen (secondary N) is 1. The molecule has 0 amide bonds. The number of hydrogen-bond donors (Lipinski definition) is 1. The predicted molar refractivity (Wildman–Crippen MR) is 73.1 cm³/mol. The molecule has 0 radical (unpaired) electrons. The van der Waals surface area contributed by atoms with E-state index in [2.05, 4.69) is 5.32 Å². The van der Waals surface area contributed by atoms with Gasteiger partial charge in [-0.15, -0.1) is 11.3 Å². The zero-order valence-electron chi connectivity index (χ0n) is 10.3. The van der Waals surface area contributed by atoms with Crippen molar-refractivity contribution in [3.63, 3.8) is 0 Å². The van der Waals surface area contributed by atoms with Crippen molar-refractivity contribution in [2.45, 2.75) is 6.04 Å². The van der Waals surface area contributed by atoms with Gasteiger partial charge in [0, 0.05) is 15.3 Å². The molecule has 1 aromatic carbocycles. The Morgan fingerprint density at radius 1 is 1.26 bits per heavy atom. The summed E-state index contributed by atoms with van der Waals surface area (Å²) >= 11 is 7.45. The standard InChI is InChI=1S/C13H12ClF2NOS/c1-17-13(12-3-7(18-2)6-19-12)8-4-10(15)11(16)5-9(8)14/h3-6,13,17H,1-2H3. The second-order valence-corrected chi connectivity index (χ2v) is 5.25. The molecule has 0 saturated heterocycles. The largest absolute Gasteiger partial charge is 0.496 e. The first-order valence-electron chi connectivity index (χ1n) is 5.51. The molecule has 102 valence electrons.